The van der Waals surface area contributed by atoms with E-state index in [0.29, 0.717) is 24.2 Å². The molecule has 9 heteroatoms. The second kappa shape index (κ2) is 9.32. The van der Waals surface area contributed by atoms with E-state index in [2.05, 4.69) is 21.5 Å². The molecule has 0 spiro atoms. The summed E-state index contributed by atoms with van der Waals surface area (Å²) in [5.41, 5.74) is 3.21. The SMILES string of the molecule is Cn1cc(-c2cn(S(=O)(=O)c3ccccc3)c3ncc([C@H]4CC[C@H](NCCO)CC4)cc23)cn1. The van der Waals surface area contributed by atoms with Crippen LogP contribution in [-0.2, 0) is 17.1 Å². The molecule has 0 bridgehead atoms. The van der Waals surface area contributed by atoms with E-state index in [1.54, 1.807) is 47.4 Å². The number of nitrogens with zero attached hydrogens (tertiary/aromatic N) is 4. The quantitative estimate of drug-likeness (QED) is 0.422. The van der Waals surface area contributed by atoms with Gasteiger partial charge in [-0.25, -0.2) is 17.4 Å². The fourth-order valence-electron chi connectivity index (χ4n) is 4.90. The van der Waals surface area contributed by atoms with Crippen LogP contribution in [0.5, 0.6) is 0 Å². The van der Waals surface area contributed by atoms with Crippen molar-refractivity contribution in [3.63, 3.8) is 0 Å². The molecule has 1 fully saturated rings. The second-order valence-corrected chi connectivity index (χ2v) is 10.7. The third kappa shape index (κ3) is 4.26. The molecule has 4 aromatic rings. The number of fused-ring (bicyclic) bond motifs is 1. The number of pyridine rings is 1. The van der Waals surface area contributed by atoms with Gasteiger partial charge in [-0.05, 0) is 55.4 Å². The molecule has 0 saturated heterocycles. The minimum absolute atomic E-state index is 0.153. The largest absolute Gasteiger partial charge is 0.395 e. The number of rotatable bonds is 7. The third-order valence-electron chi connectivity index (χ3n) is 6.69. The van der Waals surface area contributed by atoms with Crippen LogP contribution in [-0.4, -0.2) is 51.5 Å². The number of aliphatic hydroxyl groups is 1. The number of nitrogens with one attached hydrogen (secondary N) is 1. The molecule has 1 aliphatic carbocycles. The van der Waals surface area contributed by atoms with Crippen LogP contribution in [0, 0.1) is 0 Å². The van der Waals surface area contributed by atoms with E-state index < -0.39 is 10.0 Å². The van der Waals surface area contributed by atoms with E-state index in [-0.39, 0.29) is 11.5 Å². The summed E-state index contributed by atoms with van der Waals surface area (Å²) in [6, 6.07) is 11.0. The second-order valence-electron chi connectivity index (χ2n) is 8.93. The summed E-state index contributed by atoms with van der Waals surface area (Å²) in [6.07, 6.45) is 11.3. The maximum Gasteiger partial charge on any atom is 0.269 e. The molecule has 1 aliphatic rings. The van der Waals surface area contributed by atoms with Crippen LogP contribution in [0.3, 0.4) is 0 Å². The summed E-state index contributed by atoms with van der Waals surface area (Å²) in [5, 5.41) is 17.6. The average molecular weight is 480 g/mol. The van der Waals surface area contributed by atoms with Crippen LogP contribution >= 0.6 is 0 Å². The molecular weight excluding hydrogens is 450 g/mol. The van der Waals surface area contributed by atoms with Crippen LogP contribution in [0.4, 0.5) is 0 Å². The Bertz CT molecular complexity index is 1390. The van der Waals surface area contributed by atoms with Gasteiger partial charge in [0.1, 0.15) is 0 Å². The number of aliphatic hydroxyl groups excluding tert-OH is 1. The van der Waals surface area contributed by atoms with Crippen LogP contribution < -0.4 is 5.32 Å². The molecule has 3 aromatic heterocycles. The zero-order valence-electron chi connectivity index (χ0n) is 19.1. The highest BCUT2D eigenvalue weighted by Crippen LogP contribution is 2.37. The van der Waals surface area contributed by atoms with Crippen molar-refractivity contribution in [1.82, 2.24) is 24.1 Å². The zero-order valence-corrected chi connectivity index (χ0v) is 19.9. The van der Waals surface area contributed by atoms with Gasteiger partial charge in [-0.3, -0.25) is 4.68 Å². The number of aryl methyl sites for hydroxylation is 1. The lowest BCUT2D eigenvalue weighted by Gasteiger charge is -2.29. The van der Waals surface area contributed by atoms with Crippen molar-refractivity contribution in [1.29, 1.82) is 0 Å². The van der Waals surface area contributed by atoms with E-state index in [9.17, 15) is 8.42 Å². The van der Waals surface area contributed by atoms with Gasteiger partial charge in [0.25, 0.3) is 10.0 Å². The Morgan fingerprint density at radius 3 is 2.53 bits per heavy atom. The highest BCUT2D eigenvalue weighted by Gasteiger charge is 2.26. The first-order valence-corrected chi connectivity index (χ1v) is 13.1. The number of hydrogen-bond acceptors (Lipinski definition) is 6. The third-order valence-corrected chi connectivity index (χ3v) is 8.36. The highest BCUT2D eigenvalue weighted by molar-refractivity contribution is 7.90. The van der Waals surface area contributed by atoms with Crippen molar-refractivity contribution in [2.45, 2.75) is 42.5 Å². The number of hydrogen-bond donors (Lipinski definition) is 2. The van der Waals surface area contributed by atoms with E-state index in [1.807, 2.05) is 19.4 Å². The Morgan fingerprint density at radius 2 is 1.85 bits per heavy atom. The molecule has 0 unspecified atom stereocenters. The minimum atomic E-state index is -3.80. The van der Waals surface area contributed by atoms with Crippen LogP contribution in [0.1, 0.15) is 37.2 Å². The van der Waals surface area contributed by atoms with Gasteiger partial charge in [-0.2, -0.15) is 5.10 Å². The Morgan fingerprint density at radius 1 is 1.09 bits per heavy atom. The maximum atomic E-state index is 13.5. The number of aromatic nitrogens is 4. The lowest BCUT2D eigenvalue weighted by atomic mass is 9.82. The van der Waals surface area contributed by atoms with E-state index >= 15 is 0 Å². The molecule has 0 amide bonds. The molecule has 178 valence electrons. The van der Waals surface area contributed by atoms with Gasteiger partial charge >= 0.3 is 0 Å². The lowest BCUT2D eigenvalue weighted by molar-refractivity contribution is 0.267. The van der Waals surface area contributed by atoms with Gasteiger partial charge in [0.2, 0.25) is 0 Å². The fourth-order valence-corrected chi connectivity index (χ4v) is 6.24. The predicted octanol–water partition coefficient (Wildman–Crippen LogP) is 3.28. The fraction of sp³-hybridized carbons (Fsp3) is 0.360. The molecule has 0 atom stereocenters. The normalized spacial score (nSPS) is 19.0. The molecular formula is C25H29N5O3S. The molecule has 0 radical (unpaired) electrons. The summed E-state index contributed by atoms with van der Waals surface area (Å²) in [6.45, 7) is 0.779. The van der Waals surface area contributed by atoms with Gasteiger partial charge in [0.05, 0.1) is 17.7 Å². The summed E-state index contributed by atoms with van der Waals surface area (Å²) >= 11 is 0. The Kier molecular flexibility index (Phi) is 6.24. The standard InChI is InChI=1S/C25H29N5O3S/c1-29-16-20(15-28-29)24-17-30(34(32,33)22-5-3-2-4-6-22)25-23(24)13-19(14-27-25)18-7-9-21(10-8-18)26-11-12-31/h2-6,13-18,21,26,31H,7-12H2,1H3/t18-,21-. The van der Waals surface area contributed by atoms with E-state index in [0.717, 1.165) is 47.8 Å². The minimum Gasteiger partial charge on any atom is -0.395 e. The van der Waals surface area contributed by atoms with E-state index in [4.69, 9.17) is 5.11 Å². The van der Waals surface area contributed by atoms with Gasteiger partial charge in [-0.1, -0.05) is 18.2 Å². The van der Waals surface area contributed by atoms with Gasteiger partial charge in [0.15, 0.2) is 5.65 Å². The summed E-state index contributed by atoms with van der Waals surface area (Å²) < 4.78 is 30.0. The van der Waals surface area contributed by atoms with E-state index in [1.165, 1.54) is 3.97 Å². The molecule has 3 heterocycles. The molecule has 0 aliphatic heterocycles. The topological polar surface area (TPSA) is 102 Å². The zero-order chi connectivity index (χ0) is 23.7. The van der Waals surface area contributed by atoms with Crippen LogP contribution in [0.25, 0.3) is 22.2 Å². The predicted molar refractivity (Wildman–Crippen MR) is 131 cm³/mol. The summed E-state index contributed by atoms with van der Waals surface area (Å²) in [4.78, 5) is 4.90. The monoisotopic (exact) mass is 479 g/mol. The van der Waals surface area contributed by atoms with Crippen molar-refractivity contribution in [3.8, 4) is 11.1 Å². The first-order chi connectivity index (χ1) is 16.5. The number of benzene rings is 1. The molecule has 2 N–H and O–H groups in total. The van der Waals surface area contributed by atoms with Crippen molar-refractivity contribution in [3.05, 3.63) is 66.7 Å². The molecule has 34 heavy (non-hydrogen) atoms. The van der Waals surface area contributed by atoms with Gasteiger partial charge in [0, 0.05) is 54.7 Å². The van der Waals surface area contributed by atoms with Crippen molar-refractivity contribution in [2.75, 3.05) is 13.2 Å². The average Bonchev–Trinajstić information content (AvgIpc) is 3.47. The van der Waals surface area contributed by atoms with Gasteiger partial charge in [-0.15, -0.1) is 0 Å². The van der Waals surface area contributed by atoms with Crippen molar-refractivity contribution >= 4 is 21.1 Å². The van der Waals surface area contributed by atoms with Crippen molar-refractivity contribution < 1.29 is 13.5 Å². The molecule has 1 aromatic carbocycles. The lowest BCUT2D eigenvalue weighted by Crippen LogP contribution is -2.34. The first-order valence-electron chi connectivity index (χ1n) is 11.6. The Hall–Kier alpha value is -3.01. The van der Waals surface area contributed by atoms with Crippen LogP contribution in [0.15, 0.2) is 66.1 Å². The van der Waals surface area contributed by atoms with Gasteiger partial charge < -0.3 is 10.4 Å². The Balaban J connectivity index is 1.56. The first kappa shape index (κ1) is 22.8. The smallest absolute Gasteiger partial charge is 0.269 e. The Labute approximate surface area is 199 Å². The molecule has 8 nitrogen and oxygen atoms in total. The van der Waals surface area contributed by atoms with Crippen LogP contribution in [0.2, 0.25) is 0 Å². The molecule has 5 rings (SSSR count). The highest BCUT2D eigenvalue weighted by atomic mass is 32.2. The summed E-state index contributed by atoms with van der Waals surface area (Å²) in [5.74, 6) is 0.375. The summed E-state index contributed by atoms with van der Waals surface area (Å²) in [7, 11) is -1.96. The van der Waals surface area contributed by atoms with Crippen molar-refractivity contribution in [2.24, 2.45) is 7.05 Å². The molecule has 1 saturated carbocycles. The maximum absolute atomic E-state index is 13.5.